The molecular formula is C11H13N3O3. The number of nitrogens with zero attached hydrogens (tertiary/aromatic N) is 3. The molecule has 0 saturated heterocycles. The van der Waals surface area contributed by atoms with Crippen LogP contribution in [0.3, 0.4) is 0 Å². The maximum absolute atomic E-state index is 10.9. The first-order valence-electron chi connectivity index (χ1n) is 5.71. The van der Waals surface area contributed by atoms with Crippen molar-refractivity contribution in [3.8, 4) is 5.88 Å². The summed E-state index contributed by atoms with van der Waals surface area (Å²) in [7, 11) is 0. The molecule has 1 aromatic heterocycles. The van der Waals surface area contributed by atoms with E-state index in [2.05, 4.69) is 9.97 Å². The summed E-state index contributed by atoms with van der Waals surface area (Å²) in [6.07, 6.45) is 3.64. The minimum absolute atomic E-state index is 0.298. The summed E-state index contributed by atoms with van der Waals surface area (Å²) in [5, 5.41) is 8.94. The highest BCUT2D eigenvalue weighted by atomic mass is 16.5. The molecule has 1 aliphatic carbocycles. The Balaban J connectivity index is 1.85. The van der Waals surface area contributed by atoms with Gasteiger partial charge in [0.2, 0.25) is 5.88 Å². The molecule has 3 rings (SSSR count). The molecule has 0 spiro atoms. The molecule has 0 unspecified atom stereocenters. The summed E-state index contributed by atoms with van der Waals surface area (Å²) in [5.41, 5.74) is 1.74. The molecule has 2 aliphatic rings. The maximum atomic E-state index is 10.9. The second-order valence-corrected chi connectivity index (χ2v) is 4.38. The first-order chi connectivity index (χ1) is 8.24. The molecule has 1 fully saturated rings. The molecule has 2 heterocycles. The van der Waals surface area contributed by atoms with E-state index in [1.54, 1.807) is 0 Å². The zero-order valence-electron chi connectivity index (χ0n) is 9.30. The molecule has 0 radical (unpaired) electrons. The van der Waals surface area contributed by atoms with E-state index in [9.17, 15) is 4.79 Å². The zero-order valence-corrected chi connectivity index (χ0v) is 9.30. The first kappa shape index (κ1) is 10.3. The minimum atomic E-state index is -0.904. The van der Waals surface area contributed by atoms with Gasteiger partial charge in [-0.3, -0.25) is 0 Å². The monoisotopic (exact) mass is 235 g/mol. The molecule has 90 valence electrons. The Hall–Kier alpha value is -1.85. The topological polar surface area (TPSA) is 75.5 Å². The van der Waals surface area contributed by atoms with Crippen molar-refractivity contribution in [3.05, 3.63) is 17.6 Å². The molecule has 0 aromatic carbocycles. The van der Waals surface area contributed by atoms with Crippen LogP contribution in [-0.4, -0.2) is 38.7 Å². The van der Waals surface area contributed by atoms with Gasteiger partial charge in [0, 0.05) is 12.1 Å². The van der Waals surface area contributed by atoms with Crippen LogP contribution in [0.15, 0.2) is 6.33 Å². The van der Waals surface area contributed by atoms with E-state index in [1.807, 2.05) is 0 Å². The molecule has 1 saturated carbocycles. The van der Waals surface area contributed by atoms with Crippen LogP contribution in [0.25, 0.3) is 0 Å². The summed E-state index contributed by atoms with van der Waals surface area (Å²) >= 11 is 0. The Morgan fingerprint density at radius 3 is 3.00 bits per heavy atom. The fourth-order valence-corrected chi connectivity index (χ4v) is 1.93. The Morgan fingerprint density at radius 2 is 2.29 bits per heavy atom. The van der Waals surface area contributed by atoms with E-state index in [0.717, 1.165) is 24.1 Å². The van der Waals surface area contributed by atoms with Crippen molar-refractivity contribution in [3.63, 3.8) is 0 Å². The number of aromatic nitrogens is 2. The smallest absolute Gasteiger partial charge is 0.407 e. The molecule has 17 heavy (non-hydrogen) atoms. The minimum Gasteiger partial charge on any atom is -0.474 e. The number of amides is 1. The lowest BCUT2D eigenvalue weighted by molar-refractivity contribution is 0.138. The number of carbonyl (C=O) groups is 1. The van der Waals surface area contributed by atoms with E-state index in [0.29, 0.717) is 31.5 Å². The van der Waals surface area contributed by atoms with Gasteiger partial charge in [-0.15, -0.1) is 0 Å². The molecule has 1 amide bonds. The maximum Gasteiger partial charge on any atom is 0.407 e. The fraction of sp³-hybridized carbons (Fsp3) is 0.545. The second-order valence-electron chi connectivity index (χ2n) is 4.38. The second kappa shape index (κ2) is 3.87. The number of fused-ring (bicyclic) bond motifs is 1. The fourth-order valence-electron chi connectivity index (χ4n) is 1.93. The van der Waals surface area contributed by atoms with Gasteiger partial charge in [-0.1, -0.05) is 0 Å². The number of hydrogen-bond acceptors (Lipinski definition) is 4. The van der Waals surface area contributed by atoms with E-state index >= 15 is 0 Å². The van der Waals surface area contributed by atoms with E-state index in [1.165, 1.54) is 11.2 Å². The summed E-state index contributed by atoms with van der Waals surface area (Å²) in [5.74, 6) is 0.641. The van der Waals surface area contributed by atoms with Gasteiger partial charge < -0.3 is 14.7 Å². The average Bonchev–Trinajstić information content (AvgIpc) is 3.12. The van der Waals surface area contributed by atoms with Crippen LogP contribution in [0.1, 0.15) is 24.1 Å². The lowest BCUT2D eigenvalue weighted by atomic mass is 10.1. The summed E-state index contributed by atoms with van der Waals surface area (Å²) in [6.45, 7) is 0.810. The normalized spacial score (nSPS) is 18.7. The van der Waals surface area contributed by atoms with Crippen molar-refractivity contribution in [2.24, 2.45) is 0 Å². The number of hydrogen-bond donors (Lipinski definition) is 1. The third-order valence-corrected chi connectivity index (χ3v) is 3.04. The lowest BCUT2D eigenvalue weighted by Crippen LogP contribution is -2.35. The predicted octanol–water partition coefficient (Wildman–Crippen LogP) is 1.05. The van der Waals surface area contributed by atoms with Gasteiger partial charge in [0.05, 0.1) is 12.2 Å². The van der Waals surface area contributed by atoms with Crippen LogP contribution in [0.5, 0.6) is 5.88 Å². The quantitative estimate of drug-likeness (QED) is 0.829. The van der Waals surface area contributed by atoms with Crippen molar-refractivity contribution in [1.82, 2.24) is 14.9 Å². The van der Waals surface area contributed by atoms with E-state index < -0.39 is 6.09 Å². The van der Waals surface area contributed by atoms with Crippen molar-refractivity contribution in [2.75, 3.05) is 6.54 Å². The van der Waals surface area contributed by atoms with Crippen molar-refractivity contribution in [1.29, 1.82) is 0 Å². The first-order valence-corrected chi connectivity index (χ1v) is 5.71. The Bertz CT molecular complexity index is 459. The van der Waals surface area contributed by atoms with Crippen LogP contribution >= 0.6 is 0 Å². The molecule has 6 nitrogen and oxygen atoms in total. The standard InChI is InChI=1S/C11H13N3O3/c15-11(16)14-4-3-8-9(5-14)12-6-13-10(8)17-7-1-2-7/h6-7H,1-5H2,(H,15,16). The highest BCUT2D eigenvalue weighted by Crippen LogP contribution is 2.30. The molecule has 1 aliphatic heterocycles. The van der Waals surface area contributed by atoms with E-state index in [4.69, 9.17) is 9.84 Å². The van der Waals surface area contributed by atoms with E-state index in [-0.39, 0.29) is 0 Å². The van der Waals surface area contributed by atoms with Crippen LogP contribution in [0.4, 0.5) is 4.79 Å². The molecule has 6 heteroatoms. The summed E-state index contributed by atoms with van der Waals surface area (Å²) in [4.78, 5) is 20.5. The summed E-state index contributed by atoms with van der Waals surface area (Å²) in [6, 6.07) is 0. The summed E-state index contributed by atoms with van der Waals surface area (Å²) < 4.78 is 5.70. The van der Waals surface area contributed by atoms with Gasteiger partial charge in [0.25, 0.3) is 0 Å². The zero-order chi connectivity index (χ0) is 11.8. The molecule has 1 aromatic rings. The van der Waals surface area contributed by atoms with Gasteiger partial charge in [0.15, 0.2) is 0 Å². The Kier molecular flexibility index (Phi) is 2.35. The van der Waals surface area contributed by atoms with Gasteiger partial charge in [0.1, 0.15) is 12.4 Å². The van der Waals surface area contributed by atoms with Crippen molar-refractivity contribution in [2.45, 2.75) is 31.9 Å². The molecular weight excluding hydrogens is 222 g/mol. The molecule has 1 N–H and O–H groups in total. The number of rotatable bonds is 2. The third-order valence-electron chi connectivity index (χ3n) is 3.04. The van der Waals surface area contributed by atoms with Crippen LogP contribution in [-0.2, 0) is 13.0 Å². The number of carboxylic acid groups (broad SMARTS) is 1. The highest BCUT2D eigenvalue weighted by Gasteiger charge is 2.28. The van der Waals surface area contributed by atoms with Crippen LogP contribution in [0, 0.1) is 0 Å². The lowest BCUT2D eigenvalue weighted by Gasteiger charge is -2.26. The van der Waals surface area contributed by atoms with Crippen molar-refractivity contribution >= 4 is 6.09 Å². The molecule has 0 atom stereocenters. The van der Waals surface area contributed by atoms with Gasteiger partial charge in [-0.2, -0.15) is 0 Å². The average molecular weight is 235 g/mol. The molecule has 0 bridgehead atoms. The van der Waals surface area contributed by atoms with Crippen molar-refractivity contribution < 1.29 is 14.6 Å². The van der Waals surface area contributed by atoms with Gasteiger partial charge in [-0.25, -0.2) is 14.8 Å². The van der Waals surface area contributed by atoms with Gasteiger partial charge in [-0.05, 0) is 19.3 Å². The largest absolute Gasteiger partial charge is 0.474 e. The third kappa shape index (κ3) is 2.02. The Morgan fingerprint density at radius 1 is 1.47 bits per heavy atom. The number of ether oxygens (including phenoxy) is 1. The van der Waals surface area contributed by atoms with Crippen LogP contribution in [0.2, 0.25) is 0 Å². The van der Waals surface area contributed by atoms with Crippen LogP contribution < -0.4 is 4.74 Å². The van der Waals surface area contributed by atoms with Gasteiger partial charge >= 0.3 is 6.09 Å². The SMILES string of the molecule is O=C(O)N1CCc2c(ncnc2OC2CC2)C1. The Labute approximate surface area is 98.2 Å². The predicted molar refractivity (Wildman–Crippen MR) is 57.8 cm³/mol. The highest BCUT2D eigenvalue weighted by molar-refractivity contribution is 5.65.